The van der Waals surface area contributed by atoms with E-state index in [1.165, 1.54) is 36.6 Å². The Morgan fingerprint density at radius 2 is 1.40 bits per heavy atom. The molecular formula is C38H54IrNO2-. The Balaban J connectivity index is 0.000000227. The van der Waals surface area contributed by atoms with Gasteiger partial charge in [0.2, 0.25) is 0 Å². The van der Waals surface area contributed by atoms with Gasteiger partial charge in [0.15, 0.2) is 0 Å². The number of rotatable bonds is 6. The van der Waals surface area contributed by atoms with E-state index in [0.717, 1.165) is 42.5 Å². The molecule has 42 heavy (non-hydrogen) atoms. The van der Waals surface area contributed by atoms with Crippen LogP contribution in [0.3, 0.4) is 0 Å². The average Bonchev–Trinajstić information content (AvgIpc) is 3.27. The number of aromatic nitrogens is 1. The molecular weight excluding hydrogens is 695 g/mol. The molecule has 1 radical (unpaired) electrons. The number of hydrogen-bond acceptors (Lipinski definition) is 3. The van der Waals surface area contributed by atoms with Crippen LogP contribution < -0.4 is 0 Å². The maximum Gasteiger partial charge on any atom is 0.0626 e. The van der Waals surface area contributed by atoms with Crippen molar-refractivity contribution < 1.29 is 30.3 Å². The van der Waals surface area contributed by atoms with Crippen molar-refractivity contribution >= 4 is 10.9 Å². The van der Waals surface area contributed by atoms with Gasteiger partial charge in [-0.25, -0.2) is 0 Å². The van der Waals surface area contributed by atoms with Crippen molar-refractivity contribution in [3.05, 3.63) is 66.2 Å². The predicted molar refractivity (Wildman–Crippen MR) is 173 cm³/mol. The van der Waals surface area contributed by atoms with Crippen molar-refractivity contribution in [2.45, 2.75) is 111 Å². The smallest absolute Gasteiger partial charge is 0.0626 e. The third kappa shape index (κ3) is 8.11. The second-order valence-electron chi connectivity index (χ2n) is 13.3. The topological polar surface area (TPSA) is 53.4 Å². The SMILES string of the molecule is CC(C)c1cccc2nc(-c3[c-]cccc3)ccc12.CCC(C)[C@H]1CCCC2CCC[C@@H](C(C)CC)C(O)C2C1O.[Ir]. The molecule has 1 heterocycles. The van der Waals surface area contributed by atoms with Crippen molar-refractivity contribution in [2.75, 3.05) is 0 Å². The standard InChI is InChI=1S/C20H38O2.C18H16N.Ir/c1-5-13(3)16-11-7-9-15-10-8-12-17(14(4)6-2)20(22)18(15)19(16)21;1-13(2)15-9-6-10-18-16(15)11-12-17(19-18)14-7-4-3-5-8-14;/h13-22H,5-12H2,1-4H3;3-7,9-13H,1-2H3;/q;-1;/t13?,14?,15?,16-,17+,18?,19?,20?;;. The molecule has 5 rings (SSSR count). The molecule has 4 heteroatoms. The summed E-state index contributed by atoms with van der Waals surface area (Å²) in [6, 6.07) is 21.8. The van der Waals surface area contributed by atoms with E-state index >= 15 is 0 Å². The third-order valence-corrected chi connectivity index (χ3v) is 10.6. The Labute approximate surface area is 269 Å². The largest absolute Gasteiger partial charge is 0.392 e. The molecule has 3 nitrogen and oxygen atoms in total. The third-order valence-electron chi connectivity index (χ3n) is 10.6. The van der Waals surface area contributed by atoms with Crippen molar-refractivity contribution in [2.24, 2.45) is 35.5 Å². The van der Waals surface area contributed by atoms with Crippen LogP contribution in [0.5, 0.6) is 0 Å². The molecule has 2 aromatic carbocycles. The molecule has 0 aliphatic heterocycles. The normalized spacial score (nSPS) is 27.5. The molecule has 2 N–H and O–H groups in total. The van der Waals surface area contributed by atoms with Crippen LogP contribution in [0, 0.1) is 41.6 Å². The summed E-state index contributed by atoms with van der Waals surface area (Å²) in [5, 5.41) is 23.6. The summed E-state index contributed by atoms with van der Waals surface area (Å²) in [5.41, 5.74) is 4.43. The summed E-state index contributed by atoms with van der Waals surface area (Å²) in [7, 11) is 0. The Morgan fingerprint density at radius 1 is 0.786 bits per heavy atom. The van der Waals surface area contributed by atoms with Gasteiger partial charge in [0, 0.05) is 31.4 Å². The Hall–Kier alpha value is -1.58. The van der Waals surface area contributed by atoms with E-state index in [0.29, 0.717) is 35.5 Å². The molecule has 3 aromatic rings. The van der Waals surface area contributed by atoms with Gasteiger partial charge in [0.25, 0.3) is 0 Å². The van der Waals surface area contributed by atoms with Crippen LogP contribution in [-0.4, -0.2) is 27.4 Å². The molecule has 0 bridgehead atoms. The zero-order chi connectivity index (χ0) is 29.5. The fraction of sp³-hybridized carbons (Fsp3) is 0.605. The van der Waals surface area contributed by atoms with E-state index in [1.807, 2.05) is 24.3 Å². The number of aliphatic hydroxyl groups is 2. The van der Waals surface area contributed by atoms with Gasteiger partial charge < -0.3 is 10.2 Å². The first-order chi connectivity index (χ1) is 19.8. The molecule has 0 amide bonds. The minimum absolute atomic E-state index is 0. The Bertz CT molecular complexity index is 1180. The van der Waals surface area contributed by atoms with E-state index in [9.17, 15) is 10.2 Å². The van der Waals surface area contributed by atoms with Gasteiger partial charge in [-0.3, -0.25) is 4.98 Å². The summed E-state index contributed by atoms with van der Waals surface area (Å²) in [6.07, 6.45) is 8.81. The zero-order valence-corrected chi connectivity index (χ0v) is 29.1. The number of nitrogens with zero attached hydrogens (tertiary/aromatic N) is 1. The van der Waals surface area contributed by atoms with E-state index in [4.69, 9.17) is 4.98 Å². The van der Waals surface area contributed by atoms with Crippen LogP contribution in [0.15, 0.2) is 54.6 Å². The number of benzene rings is 2. The summed E-state index contributed by atoms with van der Waals surface area (Å²) < 4.78 is 0. The van der Waals surface area contributed by atoms with E-state index < -0.39 is 0 Å². The molecule has 6 unspecified atom stereocenters. The van der Waals surface area contributed by atoms with E-state index in [-0.39, 0.29) is 38.2 Å². The fourth-order valence-corrected chi connectivity index (χ4v) is 7.67. The molecule has 233 valence electrons. The van der Waals surface area contributed by atoms with Crippen LogP contribution >= 0.6 is 0 Å². The van der Waals surface area contributed by atoms with Crippen molar-refractivity contribution in [3.63, 3.8) is 0 Å². The number of hydrogen-bond donors (Lipinski definition) is 2. The van der Waals surface area contributed by atoms with Crippen LogP contribution in [0.4, 0.5) is 0 Å². The Kier molecular flexibility index (Phi) is 13.7. The van der Waals surface area contributed by atoms with E-state index in [2.05, 4.69) is 77.9 Å². The molecule has 2 fully saturated rings. The quantitative estimate of drug-likeness (QED) is 0.247. The molecule has 0 spiro atoms. The monoisotopic (exact) mass is 749 g/mol. The first-order valence-corrected chi connectivity index (χ1v) is 16.5. The Morgan fingerprint density at radius 3 is 1.93 bits per heavy atom. The molecule has 1 aromatic heterocycles. The zero-order valence-electron chi connectivity index (χ0n) is 26.7. The summed E-state index contributed by atoms with van der Waals surface area (Å²) in [5.74, 6) is 3.05. The molecule has 8 atom stereocenters. The van der Waals surface area contributed by atoms with Gasteiger partial charge in [0.1, 0.15) is 0 Å². The van der Waals surface area contributed by atoms with Gasteiger partial charge in [0.05, 0.1) is 17.7 Å². The summed E-state index contributed by atoms with van der Waals surface area (Å²) >= 11 is 0. The first-order valence-electron chi connectivity index (χ1n) is 16.5. The second kappa shape index (κ2) is 16.5. The van der Waals surface area contributed by atoms with Crippen molar-refractivity contribution in [3.8, 4) is 11.3 Å². The van der Waals surface area contributed by atoms with Crippen LogP contribution in [-0.2, 0) is 20.1 Å². The maximum atomic E-state index is 11.2. The predicted octanol–water partition coefficient (Wildman–Crippen LogP) is 9.46. The van der Waals surface area contributed by atoms with Crippen molar-refractivity contribution in [1.82, 2.24) is 4.98 Å². The van der Waals surface area contributed by atoms with E-state index in [1.54, 1.807) is 0 Å². The molecule has 0 saturated heterocycles. The minimum Gasteiger partial charge on any atom is -0.392 e. The molecule has 2 aliphatic carbocycles. The van der Waals surface area contributed by atoms with Crippen LogP contribution in [0.2, 0.25) is 0 Å². The number of pyridine rings is 1. The average molecular weight is 749 g/mol. The van der Waals surface area contributed by atoms with Gasteiger partial charge in [-0.1, -0.05) is 91.5 Å². The fourth-order valence-electron chi connectivity index (χ4n) is 7.67. The summed E-state index contributed by atoms with van der Waals surface area (Å²) in [6.45, 7) is 13.4. The summed E-state index contributed by atoms with van der Waals surface area (Å²) in [4.78, 5) is 4.76. The maximum absolute atomic E-state index is 11.2. The second-order valence-corrected chi connectivity index (χ2v) is 13.3. The molecule has 2 saturated carbocycles. The number of aliphatic hydroxyl groups excluding tert-OH is 2. The first kappa shape index (κ1) is 34.9. The van der Waals surface area contributed by atoms with Crippen LogP contribution in [0.25, 0.3) is 22.2 Å². The van der Waals surface area contributed by atoms with Gasteiger partial charge >= 0.3 is 0 Å². The minimum atomic E-state index is -0.304. The van der Waals surface area contributed by atoms with Crippen LogP contribution in [0.1, 0.15) is 104 Å². The number of fused-ring (bicyclic) bond motifs is 2. The van der Waals surface area contributed by atoms with Gasteiger partial charge in [-0.05, 0) is 78.5 Å². The van der Waals surface area contributed by atoms with Gasteiger partial charge in [-0.15, -0.1) is 35.9 Å². The molecule has 2 aliphatic rings. The van der Waals surface area contributed by atoms with Crippen molar-refractivity contribution in [1.29, 1.82) is 0 Å². The van der Waals surface area contributed by atoms with Gasteiger partial charge in [-0.2, -0.15) is 0 Å².